The van der Waals surface area contributed by atoms with Gasteiger partial charge in [-0.3, -0.25) is 9.59 Å². The number of hydrogen-bond donors (Lipinski definition) is 3. The van der Waals surface area contributed by atoms with Crippen LogP contribution in [-0.4, -0.2) is 29.5 Å². The van der Waals surface area contributed by atoms with Gasteiger partial charge in [-0.15, -0.1) is 0 Å². The average molecular weight is 336 g/mol. The molecule has 1 aliphatic rings. The molecule has 24 heavy (non-hydrogen) atoms. The molecule has 0 heterocycles. The van der Waals surface area contributed by atoms with Crippen molar-refractivity contribution in [2.24, 2.45) is 5.92 Å². The van der Waals surface area contributed by atoms with E-state index < -0.39 is 11.9 Å². The minimum Gasteiger partial charge on any atom is -0.386 e. The molecular formula is C18H25FN2O3. The molecule has 0 aliphatic heterocycles. The summed E-state index contributed by atoms with van der Waals surface area (Å²) in [6.45, 7) is 1.71. The zero-order valence-corrected chi connectivity index (χ0v) is 13.9. The number of hydrogen-bond acceptors (Lipinski definition) is 3. The summed E-state index contributed by atoms with van der Waals surface area (Å²) in [5.74, 6) is -0.710. The summed E-state index contributed by atoms with van der Waals surface area (Å²) >= 11 is 0. The van der Waals surface area contributed by atoms with Gasteiger partial charge >= 0.3 is 0 Å². The van der Waals surface area contributed by atoms with Crippen molar-refractivity contribution in [3.8, 4) is 0 Å². The number of halogens is 1. The molecule has 0 radical (unpaired) electrons. The monoisotopic (exact) mass is 336 g/mol. The first-order valence-corrected chi connectivity index (χ1v) is 8.47. The molecule has 2 unspecified atom stereocenters. The number of rotatable bonds is 7. The maximum absolute atomic E-state index is 13.5. The lowest BCUT2D eigenvalue weighted by Gasteiger charge is -2.18. The number of benzene rings is 1. The average Bonchev–Trinajstić information content (AvgIpc) is 3.07. The van der Waals surface area contributed by atoms with Crippen LogP contribution in [0.25, 0.3) is 0 Å². The van der Waals surface area contributed by atoms with E-state index in [1.165, 1.54) is 12.1 Å². The van der Waals surface area contributed by atoms with E-state index in [-0.39, 0.29) is 42.3 Å². The van der Waals surface area contributed by atoms with E-state index in [1.54, 1.807) is 19.1 Å². The molecule has 0 bridgehead atoms. The van der Waals surface area contributed by atoms with Gasteiger partial charge in [0.1, 0.15) is 5.82 Å². The SMILES string of the molecule is CC(CC(=O)NCC(O)c1ccccc1F)NC(=O)C1CCCC1. The molecule has 132 valence electrons. The van der Waals surface area contributed by atoms with Gasteiger partial charge in [0.25, 0.3) is 0 Å². The third-order valence-corrected chi connectivity index (χ3v) is 4.36. The van der Waals surface area contributed by atoms with Crippen molar-refractivity contribution in [1.82, 2.24) is 10.6 Å². The third-order valence-electron chi connectivity index (χ3n) is 4.36. The highest BCUT2D eigenvalue weighted by Crippen LogP contribution is 2.24. The second-order valence-corrected chi connectivity index (χ2v) is 6.44. The molecule has 0 spiro atoms. The van der Waals surface area contributed by atoms with Crippen molar-refractivity contribution in [1.29, 1.82) is 0 Å². The highest BCUT2D eigenvalue weighted by molar-refractivity contribution is 5.81. The van der Waals surface area contributed by atoms with E-state index in [0.29, 0.717) is 0 Å². The molecule has 0 saturated heterocycles. The summed E-state index contributed by atoms with van der Waals surface area (Å²) in [6.07, 6.45) is 3.03. The number of amides is 2. The summed E-state index contributed by atoms with van der Waals surface area (Å²) in [5.41, 5.74) is 0.153. The Morgan fingerprint density at radius 2 is 1.96 bits per heavy atom. The molecule has 1 aliphatic carbocycles. The second-order valence-electron chi connectivity index (χ2n) is 6.44. The van der Waals surface area contributed by atoms with Crippen LogP contribution in [-0.2, 0) is 9.59 Å². The molecular weight excluding hydrogens is 311 g/mol. The van der Waals surface area contributed by atoms with E-state index in [0.717, 1.165) is 25.7 Å². The topological polar surface area (TPSA) is 78.4 Å². The van der Waals surface area contributed by atoms with Crippen molar-refractivity contribution in [3.05, 3.63) is 35.6 Å². The van der Waals surface area contributed by atoms with Gasteiger partial charge < -0.3 is 15.7 Å². The van der Waals surface area contributed by atoms with Gasteiger partial charge in [-0.1, -0.05) is 31.0 Å². The number of carbonyl (C=O) groups excluding carboxylic acids is 2. The first kappa shape index (κ1) is 18.4. The molecule has 1 saturated carbocycles. The van der Waals surface area contributed by atoms with Crippen molar-refractivity contribution < 1.29 is 19.1 Å². The summed E-state index contributed by atoms with van der Waals surface area (Å²) in [4.78, 5) is 23.9. The summed E-state index contributed by atoms with van der Waals surface area (Å²) in [7, 11) is 0. The zero-order chi connectivity index (χ0) is 17.5. The molecule has 2 rings (SSSR count). The molecule has 0 aromatic heterocycles. The quantitative estimate of drug-likeness (QED) is 0.713. The smallest absolute Gasteiger partial charge is 0.223 e. The molecule has 1 aromatic rings. The van der Waals surface area contributed by atoms with Crippen LogP contribution in [0.5, 0.6) is 0 Å². The van der Waals surface area contributed by atoms with Crippen LogP contribution in [0, 0.1) is 11.7 Å². The van der Waals surface area contributed by atoms with Gasteiger partial charge in [0.15, 0.2) is 0 Å². The Morgan fingerprint density at radius 1 is 1.29 bits per heavy atom. The standard InChI is InChI=1S/C18H25FN2O3/c1-12(21-18(24)13-6-2-3-7-13)10-17(23)20-11-16(22)14-8-4-5-9-15(14)19/h4-5,8-9,12-13,16,22H,2-3,6-7,10-11H2,1H3,(H,20,23)(H,21,24). The van der Waals surface area contributed by atoms with Crippen LogP contribution in [0.3, 0.4) is 0 Å². The fraction of sp³-hybridized carbons (Fsp3) is 0.556. The first-order valence-electron chi connectivity index (χ1n) is 8.47. The Bertz CT molecular complexity index is 573. The molecule has 2 amide bonds. The lowest BCUT2D eigenvalue weighted by Crippen LogP contribution is -2.40. The van der Waals surface area contributed by atoms with Gasteiger partial charge in [0.2, 0.25) is 11.8 Å². The molecule has 5 nitrogen and oxygen atoms in total. The summed E-state index contributed by atoms with van der Waals surface area (Å²) in [6, 6.07) is 5.64. The van der Waals surface area contributed by atoms with E-state index in [4.69, 9.17) is 0 Å². The third kappa shape index (κ3) is 5.30. The van der Waals surface area contributed by atoms with Gasteiger partial charge in [-0.05, 0) is 25.8 Å². The van der Waals surface area contributed by atoms with Crippen LogP contribution in [0.15, 0.2) is 24.3 Å². The number of carbonyl (C=O) groups is 2. The number of aliphatic hydroxyl groups excluding tert-OH is 1. The van der Waals surface area contributed by atoms with Crippen molar-refractivity contribution >= 4 is 11.8 Å². The second kappa shape index (κ2) is 8.78. The Hall–Kier alpha value is -1.95. The first-order chi connectivity index (χ1) is 11.5. The fourth-order valence-electron chi connectivity index (χ4n) is 3.02. The van der Waals surface area contributed by atoms with Gasteiger partial charge in [0.05, 0.1) is 6.10 Å². The van der Waals surface area contributed by atoms with Crippen LogP contribution >= 0.6 is 0 Å². The molecule has 1 fully saturated rings. The van der Waals surface area contributed by atoms with Crippen LogP contribution in [0.4, 0.5) is 4.39 Å². The van der Waals surface area contributed by atoms with E-state index in [9.17, 15) is 19.1 Å². The van der Waals surface area contributed by atoms with Crippen molar-refractivity contribution in [2.75, 3.05) is 6.54 Å². The Morgan fingerprint density at radius 3 is 2.62 bits per heavy atom. The molecule has 6 heteroatoms. The predicted molar refractivity (Wildman–Crippen MR) is 88.5 cm³/mol. The summed E-state index contributed by atoms with van der Waals surface area (Å²) < 4.78 is 13.5. The Labute approximate surface area is 141 Å². The summed E-state index contributed by atoms with van der Waals surface area (Å²) in [5, 5.41) is 15.4. The highest BCUT2D eigenvalue weighted by Gasteiger charge is 2.24. The van der Waals surface area contributed by atoms with Crippen LogP contribution in [0.2, 0.25) is 0 Å². The number of nitrogens with one attached hydrogen (secondary N) is 2. The predicted octanol–water partition coefficient (Wildman–Crippen LogP) is 2.06. The minimum atomic E-state index is -1.10. The van der Waals surface area contributed by atoms with Crippen LogP contribution in [0.1, 0.15) is 50.7 Å². The van der Waals surface area contributed by atoms with E-state index in [2.05, 4.69) is 10.6 Å². The molecule has 1 aromatic carbocycles. The lowest BCUT2D eigenvalue weighted by molar-refractivity contribution is -0.126. The minimum absolute atomic E-state index is 0.0131. The normalized spacial score (nSPS) is 17.3. The van der Waals surface area contributed by atoms with Gasteiger partial charge in [-0.2, -0.15) is 0 Å². The van der Waals surface area contributed by atoms with Crippen LogP contribution < -0.4 is 10.6 Å². The maximum Gasteiger partial charge on any atom is 0.223 e. The van der Waals surface area contributed by atoms with Gasteiger partial charge in [0, 0.05) is 30.5 Å². The Balaban J connectivity index is 1.72. The van der Waals surface area contributed by atoms with E-state index in [1.807, 2.05) is 0 Å². The Kier molecular flexibility index (Phi) is 6.73. The van der Waals surface area contributed by atoms with E-state index >= 15 is 0 Å². The highest BCUT2D eigenvalue weighted by atomic mass is 19.1. The maximum atomic E-state index is 13.5. The largest absolute Gasteiger partial charge is 0.386 e. The fourth-order valence-corrected chi connectivity index (χ4v) is 3.02. The van der Waals surface area contributed by atoms with Crippen molar-refractivity contribution in [2.45, 2.75) is 51.2 Å². The zero-order valence-electron chi connectivity index (χ0n) is 13.9. The number of aliphatic hydroxyl groups is 1. The van der Waals surface area contributed by atoms with Crippen molar-refractivity contribution in [3.63, 3.8) is 0 Å². The molecule has 3 N–H and O–H groups in total. The van der Waals surface area contributed by atoms with Gasteiger partial charge in [-0.25, -0.2) is 4.39 Å². The lowest BCUT2D eigenvalue weighted by atomic mass is 10.1. The molecule has 2 atom stereocenters.